The van der Waals surface area contributed by atoms with Crippen molar-refractivity contribution in [3.8, 4) is 0 Å². The topological polar surface area (TPSA) is 61.9 Å². The van der Waals surface area contributed by atoms with Gasteiger partial charge in [0.2, 0.25) is 0 Å². The Morgan fingerprint density at radius 2 is 1.71 bits per heavy atom. The molecule has 0 unspecified atom stereocenters. The van der Waals surface area contributed by atoms with E-state index in [2.05, 4.69) is 15.0 Å². The molecular weight excluding hydrogens is 361 g/mol. The Morgan fingerprint density at radius 1 is 1.04 bits per heavy atom. The minimum atomic E-state index is -0.413. The highest BCUT2D eigenvalue weighted by Crippen LogP contribution is 2.13. The Balaban J connectivity index is 1.44. The number of methoxy groups -OCH3 is 1. The molecule has 148 valence electrons. The van der Waals surface area contributed by atoms with Gasteiger partial charge in [0.05, 0.1) is 12.7 Å². The number of benzene rings is 2. The van der Waals surface area contributed by atoms with Gasteiger partial charge in [0.1, 0.15) is 5.82 Å². The molecule has 3 rings (SSSR count). The molecule has 1 saturated heterocycles. The fourth-order valence-corrected chi connectivity index (χ4v) is 3.16. The Morgan fingerprint density at radius 3 is 2.36 bits per heavy atom. The lowest BCUT2D eigenvalue weighted by atomic mass is 10.1. The van der Waals surface area contributed by atoms with Crippen molar-refractivity contribution in [1.29, 1.82) is 0 Å². The normalized spacial score (nSPS) is 14.6. The number of anilines is 1. The van der Waals surface area contributed by atoms with Gasteiger partial charge in [0.15, 0.2) is 0 Å². The largest absolute Gasteiger partial charge is 0.465 e. The average Bonchev–Trinajstić information content (AvgIpc) is 2.73. The molecule has 0 aliphatic carbocycles. The van der Waals surface area contributed by atoms with E-state index in [1.165, 1.54) is 13.2 Å². The number of esters is 1. The number of rotatable bonds is 5. The molecule has 0 bridgehead atoms. The van der Waals surface area contributed by atoms with Gasteiger partial charge in [-0.1, -0.05) is 18.2 Å². The smallest absolute Gasteiger partial charge is 0.337 e. The van der Waals surface area contributed by atoms with Crippen molar-refractivity contribution in [2.24, 2.45) is 0 Å². The zero-order valence-electron chi connectivity index (χ0n) is 15.9. The van der Waals surface area contributed by atoms with Crippen LogP contribution in [-0.2, 0) is 11.2 Å². The molecule has 28 heavy (non-hydrogen) atoms. The quantitative estimate of drug-likeness (QED) is 0.804. The molecule has 2 aromatic rings. The molecular formula is C21H24FN3O3. The molecule has 0 spiro atoms. The van der Waals surface area contributed by atoms with Gasteiger partial charge in [-0.25, -0.2) is 14.0 Å². The molecule has 1 aliphatic heterocycles. The summed E-state index contributed by atoms with van der Waals surface area (Å²) in [5, 5.41) is 2.84. The van der Waals surface area contributed by atoms with Crippen molar-refractivity contribution in [3.63, 3.8) is 0 Å². The zero-order valence-corrected chi connectivity index (χ0v) is 15.9. The summed E-state index contributed by atoms with van der Waals surface area (Å²) in [7, 11) is 1.33. The molecule has 2 aromatic carbocycles. The molecule has 0 atom stereocenters. The summed E-state index contributed by atoms with van der Waals surface area (Å²) in [5.41, 5.74) is 1.78. The van der Waals surface area contributed by atoms with E-state index < -0.39 is 5.97 Å². The summed E-state index contributed by atoms with van der Waals surface area (Å²) in [4.78, 5) is 27.9. The number of nitrogens with one attached hydrogen (secondary N) is 1. The Kier molecular flexibility index (Phi) is 6.60. The van der Waals surface area contributed by atoms with Crippen LogP contribution in [0.15, 0.2) is 48.5 Å². The summed E-state index contributed by atoms with van der Waals surface area (Å²) >= 11 is 0. The number of urea groups is 1. The predicted octanol–water partition coefficient (Wildman–Crippen LogP) is 3.00. The second-order valence-corrected chi connectivity index (χ2v) is 6.67. The van der Waals surface area contributed by atoms with E-state index in [1.807, 2.05) is 12.1 Å². The summed E-state index contributed by atoms with van der Waals surface area (Å²) in [5.74, 6) is -0.580. The Bertz CT molecular complexity index is 818. The SMILES string of the molecule is COC(=O)c1ccc(NC(=O)N2CCN(CCc3ccccc3F)CC2)cc1. The van der Waals surface area contributed by atoms with Crippen molar-refractivity contribution < 1.29 is 18.7 Å². The molecule has 2 amide bonds. The number of nitrogens with zero attached hydrogens (tertiary/aromatic N) is 2. The third kappa shape index (κ3) is 5.07. The van der Waals surface area contributed by atoms with Gasteiger partial charge in [-0.15, -0.1) is 0 Å². The van der Waals surface area contributed by atoms with E-state index in [-0.39, 0.29) is 11.8 Å². The van der Waals surface area contributed by atoms with Gasteiger partial charge in [-0.05, 0) is 42.3 Å². The van der Waals surface area contributed by atoms with Crippen LogP contribution in [-0.4, -0.2) is 61.6 Å². The lowest BCUT2D eigenvalue weighted by Gasteiger charge is -2.34. The Labute approximate surface area is 163 Å². The van der Waals surface area contributed by atoms with E-state index >= 15 is 0 Å². The summed E-state index contributed by atoms with van der Waals surface area (Å²) < 4.78 is 18.4. The van der Waals surface area contributed by atoms with E-state index in [0.717, 1.165) is 25.2 Å². The molecule has 0 saturated carbocycles. The first-order chi connectivity index (χ1) is 13.6. The third-order valence-corrected chi connectivity index (χ3v) is 4.87. The lowest BCUT2D eigenvalue weighted by Crippen LogP contribution is -2.50. The number of amides is 2. The van der Waals surface area contributed by atoms with Crippen molar-refractivity contribution in [2.45, 2.75) is 6.42 Å². The number of ether oxygens (including phenoxy) is 1. The average molecular weight is 385 g/mol. The van der Waals surface area contributed by atoms with Crippen LogP contribution in [0, 0.1) is 5.82 Å². The highest BCUT2D eigenvalue weighted by molar-refractivity contribution is 5.92. The maximum absolute atomic E-state index is 13.7. The minimum absolute atomic E-state index is 0.167. The first kappa shape index (κ1) is 19.8. The number of hydrogen-bond donors (Lipinski definition) is 1. The van der Waals surface area contributed by atoms with Gasteiger partial charge >= 0.3 is 12.0 Å². The van der Waals surface area contributed by atoms with Crippen LogP contribution in [0.4, 0.5) is 14.9 Å². The lowest BCUT2D eigenvalue weighted by molar-refractivity contribution is 0.0600. The minimum Gasteiger partial charge on any atom is -0.465 e. The van der Waals surface area contributed by atoms with Crippen molar-refractivity contribution in [3.05, 3.63) is 65.5 Å². The molecule has 1 heterocycles. The highest BCUT2D eigenvalue weighted by atomic mass is 19.1. The molecule has 1 fully saturated rings. The maximum atomic E-state index is 13.7. The standard InChI is InChI=1S/C21H24FN3O3/c1-28-20(26)17-6-8-18(9-7-17)23-21(27)25-14-12-24(13-15-25)11-10-16-4-2-3-5-19(16)22/h2-9H,10-15H2,1H3,(H,23,27). The number of carbonyl (C=O) groups excluding carboxylic acids is 2. The molecule has 1 N–H and O–H groups in total. The van der Waals surface area contributed by atoms with E-state index in [1.54, 1.807) is 35.2 Å². The van der Waals surface area contributed by atoms with Crippen molar-refractivity contribution in [1.82, 2.24) is 9.80 Å². The second kappa shape index (κ2) is 9.32. The molecule has 1 aliphatic rings. The summed E-state index contributed by atoms with van der Waals surface area (Å²) in [6, 6.07) is 13.2. The maximum Gasteiger partial charge on any atom is 0.337 e. The van der Waals surface area contributed by atoms with Gasteiger partial charge in [0, 0.05) is 38.4 Å². The van der Waals surface area contributed by atoms with Crippen LogP contribution in [0.25, 0.3) is 0 Å². The van der Waals surface area contributed by atoms with Gasteiger partial charge in [0.25, 0.3) is 0 Å². The molecule has 7 heteroatoms. The first-order valence-corrected chi connectivity index (χ1v) is 9.27. The van der Waals surface area contributed by atoms with Crippen molar-refractivity contribution in [2.75, 3.05) is 45.2 Å². The fraction of sp³-hybridized carbons (Fsp3) is 0.333. The molecule has 0 aromatic heterocycles. The summed E-state index contributed by atoms with van der Waals surface area (Å²) in [6.07, 6.45) is 0.658. The van der Waals surface area contributed by atoms with Crippen LogP contribution < -0.4 is 5.32 Å². The van der Waals surface area contributed by atoms with Gasteiger partial charge in [-0.3, -0.25) is 4.90 Å². The van der Waals surface area contributed by atoms with E-state index in [4.69, 9.17) is 0 Å². The first-order valence-electron chi connectivity index (χ1n) is 9.27. The van der Waals surface area contributed by atoms with Gasteiger partial charge < -0.3 is 15.0 Å². The summed E-state index contributed by atoms with van der Waals surface area (Å²) in [6.45, 7) is 3.50. The van der Waals surface area contributed by atoms with E-state index in [9.17, 15) is 14.0 Å². The predicted molar refractivity (Wildman–Crippen MR) is 105 cm³/mol. The monoisotopic (exact) mass is 385 g/mol. The fourth-order valence-electron chi connectivity index (χ4n) is 3.16. The van der Waals surface area contributed by atoms with E-state index in [0.29, 0.717) is 30.8 Å². The number of piperazine rings is 1. The second-order valence-electron chi connectivity index (χ2n) is 6.67. The van der Waals surface area contributed by atoms with Crippen LogP contribution in [0.2, 0.25) is 0 Å². The third-order valence-electron chi connectivity index (χ3n) is 4.87. The van der Waals surface area contributed by atoms with Crippen LogP contribution in [0.3, 0.4) is 0 Å². The van der Waals surface area contributed by atoms with Crippen LogP contribution in [0.5, 0.6) is 0 Å². The van der Waals surface area contributed by atoms with Gasteiger partial charge in [-0.2, -0.15) is 0 Å². The molecule has 6 nitrogen and oxygen atoms in total. The van der Waals surface area contributed by atoms with Crippen LogP contribution >= 0.6 is 0 Å². The molecule has 0 radical (unpaired) electrons. The number of carbonyl (C=O) groups is 2. The highest BCUT2D eigenvalue weighted by Gasteiger charge is 2.21. The number of halogens is 1. The zero-order chi connectivity index (χ0) is 19.9. The number of hydrogen-bond acceptors (Lipinski definition) is 4. The Hall–Kier alpha value is -2.93. The van der Waals surface area contributed by atoms with Crippen LogP contribution in [0.1, 0.15) is 15.9 Å². The van der Waals surface area contributed by atoms with Crippen molar-refractivity contribution >= 4 is 17.7 Å².